The van der Waals surface area contributed by atoms with Crippen molar-refractivity contribution < 1.29 is 4.74 Å². The fourth-order valence-corrected chi connectivity index (χ4v) is 3.60. The first-order valence-corrected chi connectivity index (χ1v) is 9.62. The molecule has 0 unspecified atom stereocenters. The third kappa shape index (κ3) is 4.25. The highest BCUT2D eigenvalue weighted by Crippen LogP contribution is 2.19. The Kier molecular flexibility index (Phi) is 5.50. The van der Waals surface area contributed by atoms with E-state index in [1.165, 1.54) is 11.1 Å². The van der Waals surface area contributed by atoms with Crippen LogP contribution >= 0.6 is 0 Å². The van der Waals surface area contributed by atoms with Crippen molar-refractivity contribution in [2.24, 2.45) is 4.99 Å². The molecule has 0 saturated carbocycles. The van der Waals surface area contributed by atoms with Crippen LogP contribution in [0, 0.1) is 0 Å². The zero-order chi connectivity index (χ0) is 17.6. The van der Waals surface area contributed by atoms with Gasteiger partial charge in [0.1, 0.15) is 0 Å². The first-order chi connectivity index (χ1) is 12.9. The number of benzene rings is 2. The molecule has 1 saturated heterocycles. The lowest BCUT2D eigenvalue weighted by molar-refractivity contribution is -0.0300. The summed E-state index contributed by atoms with van der Waals surface area (Å²) in [6.07, 6.45) is 2.53. The van der Waals surface area contributed by atoms with Crippen LogP contribution in [0.3, 0.4) is 0 Å². The van der Waals surface area contributed by atoms with Crippen LogP contribution in [-0.4, -0.2) is 54.6 Å². The number of guanidine groups is 1. The van der Waals surface area contributed by atoms with E-state index in [0.717, 1.165) is 58.1 Å². The summed E-state index contributed by atoms with van der Waals surface area (Å²) in [5, 5.41) is 0. The average Bonchev–Trinajstić information content (AvgIpc) is 3.09. The Morgan fingerprint density at radius 1 is 0.923 bits per heavy atom. The lowest BCUT2D eigenvalue weighted by atomic mass is 10.1. The van der Waals surface area contributed by atoms with Gasteiger partial charge in [-0.05, 0) is 24.0 Å². The summed E-state index contributed by atoms with van der Waals surface area (Å²) < 4.78 is 6.03. The van der Waals surface area contributed by atoms with Crippen molar-refractivity contribution >= 4 is 5.96 Å². The van der Waals surface area contributed by atoms with Crippen LogP contribution < -0.4 is 0 Å². The Balaban J connectivity index is 1.17. The van der Waals surface area contributed by atoms with Gasteiger partial charge < -0.3 is 14.5 Å². The smallest absolute Gasteiger partial charge is 0.197 e. The number of hydrogen-bond donors (Lipinski definition) is 0. The van der Waals surface area contributed by atoms with Crippen molar-refractivity contribution in [3.05, 3.63) is 71.8 Å². The Bertz CT molecular complexity index is 711. The summed E-state index contributed by atoms with van der Waals surface area (Å²) in [6, 6.07) is 21.3. The highest BCUT2D eigenvalue weighted by Gasteiger charge is 2.33. The van der Waals surface area contributed by atoms with Gasteiger partial charge in [0.2, 0.25) is 0 Å². The van der Waals surface area contributed by atoms with Gasteiger partial charge in [0.15, 0.2) is 5.96 Å². The number of rotatable bonds is 7. The molecule has 136 valence electrons. The second-order valence-corrected chi connectivity index (χ2v) is 7.08. The molecule has 0 radical (unpaired) electrons. The van der Waals surface area contributed by atoms with Crippen LogP contribution in [0.25, 0.3) is 0 Å². The lowest BCUT2D eigenvalue weighted by Crippen LogP contribution is -2.58. The van der Waals surface area contributed by atoms with Crippen molar-refractivity contribution in [2.75, 3.05) is 32.8 Å². The van der Waals surface area contributed by atoms with E-state index in [9.17, 15) is 0 Å². The molecule has 0 aromatic heterocycles. The van der Waals surface area contributed by atoms with Crippen molar-refractivity contribution in [1.82, 2.24) is 9.80 Å². The normalized spacial score (nSPS) is 17.3. The van der Waals surface area contributed by atoms with Crippen LogP contribution in [-0.2, 0) is 17.7 Å². The molecule has 2 heterocycles. The summed E-state index contributed by atoms with van der Waals surface area (Å²) in [7, 11) is 0. The second kappa shape index (κ2) is 8.37. The van der Waals surface area contributed by atoms with Crippen LogP contribution in [0.4, 0.5) is 0 Å². The molecular formula is C22H27N3O. The minimum atomic E-state index is 0.354. The molecule has 0 spiro atoms. The zero-order valence-corrected chi connectivity index (χ0v) is 15.3. The number of aliphatic imine (C=N–C) groups is 1. The number of nitrogens with zero attached hydrogens (tertiary/aromatic N) is 3. The Morgan fingerprint density at radius 3 is 2.35 bits per heavy atom. The Hall–Kier alpha value is -2.33. The van der Waals surface area contributed by atoms with E-state index in [1.807, 2.05) is 0 Å². The van der Waals surface area contributed by atoms with Crippen LogP contribution in [0.1, 0.15) is 17.5 Å². The monoisotopic (exact) mass is 349 g/mol. The number of likely N-dealkylation sites (tertiary alicyclic amines) is 1. The average molecular weight is 349 g/mol. The van der Waals surface area contributed by atoms with Gasteiger partial charge in [0.25, 0.3) is 0 Å². The maximum Gasteiger partial charge on any atom is 0.197 e. The number of aryl methyl sites for hydroxylation is 1. The first-order valence-electron chi connectivity index (χ1n) is 9.62. The molecule has 2 aliphatic rings. The summed E-state index contributed by atoms with van der Waals surface area (Å²) >= 11 is 0. The molecule has 0 N–H and O–H groups in total. The van der Waals surface area contributed by atoms with E-state index < -0.39 is 0 Å². The molecule has 0 atom stereocenters. The predicted octanol–water partition coefficient (Wildman–Crippen LogP) is 3.19. The second-order valence-electron chi connectivity index (χ2n) is 7.08. The van der Waals surface area contributed by atoms with Crippen LogP contribution in [0.15, 0.2) is 65.7 Å². The van der Waals surface area contributed by atoms with E-state index in [2.05, 4.69) is 70.5 Å². The van der Waals surface area contributed by atoms with Gasteiger partial charge in [-0.2, -0.15) is 0 Å². The third-order valence-corrected chi connectivity index (χ3v) is 5.06. The van der Waals surface area contributed by atoms with Gasteiger partial charge in [0.05, 0.1) is 12.6 Å². The van der Waals surface area contributed by atoms with E-state index in [-0.39, 0.29) is 0 Å². The van der Waals surface area contributed by atoms with Crippen molar-refractivity contribution in [3.63, 3.8) is 0 Å². The minimum Gasteiger partial charge on any atom is -0.375 e. The topological polar surface area (TPSA) is 28.1 Å². The maximum atomic E-state index is 6.03. The summed E-state index contributed by atoms with van der Waals surface area (Å²) in [6.45, 7) is 5.64. The number of ether oxygens (including phenoxy) is 1. The molecule has 1 fully saturated rings. The van der Waals surface area contributed by atoms with Gasteiger partial charge >= 0.3 is 0 Å². The van der Waals surface area contributed by atoms with Crippen molar-refractivity contribution in [2.45, 2.75) is 25.5 Å². The largest absolute Gasteiger partial charge is 0.375 e. The molecule has 26 heavy (non-hydrogen) atoms. The standard InChI is InChI=1S/C22H27N3O/c1-3-8-19(9-4-1)12-7-15-26-21-17-25(18-21)22-23-13-14-24(22)16-20-10-5-2-6-11-20/h1-6,8-11,21H,7,12-18H2. The third-order valence-electron chi connectivity index (χ3n) is 5.06. The summed E-state index contributed by atoms with van der Waals surface area (Å²) in [4.78, 5) is 9.47. The van der Waals surface area contributed by atoms with E-state index in [4.69, 9.17) is 9.73 Å². The SMILES string of the molecule is c1ccc(CCCOC2CN(C3=NCCN3Cc3ccccc3)C2)cc1. The Labute approximate surface area is 156 Å². The van der Waals surface area contributed by atoms with Crippen molar-refractivity contribution in [3.8, 4) is 0 Å². The van der Waals surface area contributed by atoms with E-state index in [0.29, 0.717) is 6.10 Å². The highest BCUT2D eigenvalue weighted by atomic mass is 16.5. The van der Waals surface area contributed by atoms with Crippen LogP contribution in [0.2, 0.25) is 0 Å². The van der Waals surface area contributed by atoms with E-state index in [1.54, 1.807) is 0 Å². The first kappa shape index (κ1) is 17.1. The minimum absolute atomic E-state index is 0.354. The molecule has 0 amide bonds. The molecule has 4 heteroatoms. The predicted molar refractivity (Wildman–Crippen MR) is 105 cm³/mol. The molecule has 0 aliphatic carbocycles. The molecule has 2 aromatic carbocycles. The summed E-state index contributed by atoms with van der Waals surface area (Å²) in [5.74, 6) is 1.15. The highest BCUT2D eigenvalue weighted by molar-refractivity contribution is 5.82. The molecule has 4 rings (SSSR count). The molecule has 2 aliphatic heterocycles. The molecular weight excluding hydrogens is 322 g/mol. The summed E-state index contributed by atoms with van der Waals surface area (Å²) in [5.41, 5.74) is 2.74. The molecule has 0 bridgehead atoms. The maximum absolute atomic E-state index is 6.03. The molecule has 2 aromatic rings. The Morgan fingerprint density at radius 2 is 1.62 bits per heavy atom. The molecule has 4 nitrogen and oxygen atoms in total. The quantitative estimate of drug-likeness (QED) is 0.719. The fourth-order valence-electron chi connectivity index (χ4n) is 3.60. The van der Waals surface area contributed by atoms with E-state index >= 15 is 0 Å². The van der Waals surface area contributed by atoms with Gasteiger partial charge in [-0.3, -0.25) is 4.99 Å². The van der Waals surface area contributed by atoms with Gasteiger partial charge in [-0.15, -0.1) is 0 Å². The fraction of sp³-hybridized carbons (Fsp3) is 0.409. The number of hydrogen-bond acceptors (Lipinski definition) is 4. The van der Waals surface area contributed by atoms with Crippen LogP contribution in [0.5, 0.6) is 0 Å². The van der Waals surface area contributed by atoms with Crippen molar-refractivity contribution in [1.29, 1.82) is 0 Å². The zero-order valence-electron chi connectivity index (χ0n) is 15.3. The lowest BCUT2D eigenvalue weighted by Gasteiger charge is -2.42. The van der Waals surface area contributed by atoms with Gasteiger partial charge in [-0.1, -0.05) is 60.7 Å². The van der Waals surface area contributed by atoms with Gasteiger partial charge in [0, 0.05) is 32.8 Å². The van der Waals surface area contributed by atoms with Gasteiger partial charge in [-0.25, -0.2) is 0 Å².